The molecule has 0 fully saturated rings. The molecule has 0 aromatic heterocycles. The molecule has 0 saturated carbocycles. The van der Waals surface area contributed by atoms with E-state index in [1.165, 1.54) is 6.07 Å². The Hall–Kier alpha value is -3.33. The molecular weight excluding hydrogens is 306 g/mol. The topological polar surface area (TPSA) is 91.2 Å². The van der Waals surface area contributed by atoms with E-state index in [4.69, 9.17) is 10.00 Å². The van der Waals surface area contributed by atoms with Gasteiger partial charge in [-0.1, -0.05) is 12.1 Å². The molecule has 0 saturated heterocycles. The Kier molecular flexibility index (Phi) is 4.17. The Morgan fingerprint density at radius 1 is 1.33 bits per heavy atom. The normalized spacial score (nSPS) is 15.5. The van der Waals surface area contributed by atoms with Gasteiger partial charge in [0, 0.05) is 12.1 Å². The van der Waals surface area contributed by atoms with Crippen LogP contribution in [0.25, 0.3) is 0 Å². The largest absolute Gasteiger partial charge is 0.479 e. The summed E-state index contributed by atoms with van der Waals surface area (Å²) in [5.41, 5.74) is 2.29. The highest BCUT2D eigenvalue weighted by Crippen LogP contribution is 2.30. The van der Waals surface area contributed by atoms with Crippen molar-refractivity contribution in [2.75, 3.05) is 5.32 Å². The second-order valence-corrected chi connectivity index (χ2v) is 5.46. The molecule has 120 valence electrons. The Morgan fingerprint density at radius 3 is 2.96 bits per heavy atom. The van der Waals surface area contributed by atoms with E-state index in [0.717, 1.165) is 5.56 Å². The second kappa shape index (κ2) is 6.42. The van der Waals surface area contributed by atoms with Crippen molar-refractivity contribution in [3.63, 3.8) is 0 Å². The number of benzene rings is 2. The van der Waals surface area contributed by atoms with Gasteiger partial charge in [-0.3, -0.25) is 9.59 Å². The summed E-state index contributed by atoms with van der Waals surface area (Å²) in [5, 5.41) is 14.4. The summed E-state index contributed by atoms with van der Waals surface area (Å²) in [6.07, 6.45) is -0.518. The van der Waals surface area contributed by atoms with E-state index in [0.29, 0.717) is 29.1 Å². The number of hydrogen-bond acceptors (Lipinski definition) is 4. The van der Waals surface area contributed by atoms with Gasteiger partial charge in [0.05, 0.1) is 17.3 Å². The van der Waals surface area contributed by atoms with E-state index in [9.17, 15) is 9.59 Å². The van der Waals surface area contributed by atoms with E-state index in [-0.39, 0.29) is 11.8 Å². The third kappa shape index (κ3) is 3.20. The highest BCUT2D eigenvalue weighted by atomic mass is 16.5. The van der Waals surface area contributed by atoms with Crippen LogP contribution in [0.3, 0.4) is 0 Å². The lowest BCUT2D eigenvalue weighted by molar-refractivity contribution is -0.122. The molecule has 0 spiro atoms. The van der Waals surface area contributed by atoms with Gasteiger partial charge in [0.1, 0.15) is 5.75 Å². The zero-order chi connectivity index (χ0) is 17.1. The minimum absolute atomic E-state index is 0.197. The van der Waals surface area contributed by atoms with Crippen LogP contribution in [0.5, 0.6) is 5.75 Å². The van der Waals surface area contributed by atoms with Crippen LogP contribution in [0.4, 0.5) is 5.69 Å². The first-order chi connectivity index (χ1) is 11.6. The van der Waals surface area contributed by atoms with Crippen LogP contribution in [0, 0.1) is 11.3 Å². The lowest BCUT2D eigenvalue weighted by Crippen LogP contribution is -2.34. The van der Waals surface area contributed by atoms with Crippen molar-refractivity contribution in [1.29, 1.82) is 5.26 Å². The van der Waals surface area contributed by atoms with Crippen molar-refractivity contribution >= 4 is 17.5 Å². The Bertz CT molecular complexity index is 855. The first-order valence-corrected chi connectivity index (χ1v) is 7.45. The summed E-state index contributed by atoms with van der Waals surface area (Å²) >= 11 is 0. The highest BCUT2D eigenvalue weighted by Gasteiger charge is 2.23. The number of nitrogens with one attached hydrogen (secondary N) is 2. The molecule has 2 amide bonds. The summed E-state index contributed by atoms with van der Waals surface area (Å²) in [6, 6.07) is 13.9. The van der Waals surface area contributed by atoms with Crippen molar-refractivity contribution in [2.45, 2.75) is 19.6 Å². The van der Waals surface area contributed by atoms with Crippen LogP contribution in [-0.2, 0) is 11.3 Å². The zero-order valence-corrected chi connectivity index (χ0v) is 13.0. The molecule has 0 bridgehead atoms. The van der Waals surface area contributed by atoms with Crippen molar-refractivity contribution in [3.05, 3.63) is 59.2 Å². The van der Waals surface area contributed by atoms with E-state index in [1.807, 2.05) is 12.1 Å². The monoisotopic (exact) mass is 321 g/mol. The smallest absolute Gasteiger partial charge is 0.265 e. The van der Waals surface area contributed by atoms with Crippen LogP contribution in [0.1, 0.15) is 28.4 Å². The number of nitrogens with zero attached hydrogens (tertiary/aromatic N) is 1. The molecule has 2 aromatic carbocycles. The molecule has 1 atom stereocenters. The SMILES string of the molecule is CC1Oc2ccc(CNC(=O)c3cccc(C#N)c3)cc2NC1=O. The fourth-order valence-electron chi connectivity index (χ4n) is 2.38. The van der Waals surface area contributed by atoms with Gasteiger partial charge in [0.15, 0.2) is 6.10 Å². The molecule has 0 aliphatic carbocycles. The van der Waals surface area contributed by atoms with Crippen LogP contribution in [-0.4, -0.2) is 17.9 Å². The van der Waals surface area contributed by atoms with Gasteiger partial charge in [0.2, 0.25) is 0 Å². The van der Waals surface area contributed by atoms with Gasteiger partial charge in [0.25, 0.3) is 11.8 Å². The van der Waals surface area contributed by atoms with E-state index >= 15 is 0 Å². The predicted molar refractivity (Wildman–Crippen MR) is 87.5 cm³/mol. The molecule has 2 N–H and O–H groups in total. The fraction of sp³-hybridized carbons (Fsp3) is 0.167. The Morgan fingerprint density at radius 2 is 2.17 bits per heavy atom. The molecule has 3 rings (SSSR count). The maximum Gasteiger partial charge on any atom is 0.265 e. The van der Waals surface area contributed by atoms with Gasteiger partial charge < -0.3 is 15.4 Å². The third-order valence-corrected chi connectivity index (χ3v) is 3.68. The van der Waals surface area contributed by atoms with E-state index < -0.39 is 6.10 Å². The summed E-state index contributed by atoms with van der Waals surface area (Å²) in [6.45, 7) is 1.98. The van der Waals surface area contributed by atoms with Crippen molar-refractivity contribution in [3.8, 4) is 11.8 Å². The second-order valence-electron chi connectivity index (χ2n) is 5.46. The minimum atomic E-state index is -0.518. The first-order valence-electron chi connectivity index (χ1n) is 7.45. The molecule has 6 heteroatoms. The molecule has 1 unspecified atom stereocenters. The Balaban J connectivity index is 1.69. The van der Waals surface area contributed by atoms with Crippen molar-refractivity contribution in [1.82, 2.24) is 5.32 Å². The van der Waals surface area contributed by atoms with Crippen LogP contribution in [0.2, 0.25) is 0 Å². The number of ether oxygens (including phenoxy) is 1. The lowest BCUT2D eigenvalue weighted by Gasteiger charge is -2.23. The quantitative estimate of drug-likeness (QED) is 0.906. The summed E-state index contributed by atoms with van der Waals surface area (Å²) < 4.78 is 5.49. The lowest BCUT2D eigenvalue weighted by atomic mass is 10.1. The number of hydrogen-bond donors (Lipinski definition) is 2. The summed E-state index contributed by atoms with van der Waals surface area (Å²) in [5.74, 6) is 0.148. The van der Waals surface area contributed by atoms with Crippen LogP contribution < -0.4 is 15.4 Å². The Labute approximate surface area is 139 Å². The standard InChI is InChI=1S/C18H15N3O3/c1-11-17(22)21-15-8-13(5-6-16(15)24-11)10-20-18(23)14-4-2-3-12(7-14)9-19/h2-8,11H,10H2,1H3,(H,20,23)(H,21,22). The van der Waals surface area contributed by atoms with Gasteiger partial charge in [-0.25, -0.2) is 0 Å². The number of carbonyl (C=O) groups is 2. The molecular formula is C18H15N3O3. The van der Waals surface area contributed by atoms with Gasteiger partial charge in [-0.15, -0.1) is 0 Å². The average Bonchev–Trinajstić information content (AvgIpc) is 2.60. The zero-order valence-electron chi connectivity index (χ0n) is 13.0. The molecule has 1 heterocycles. The summed E-state index contributed by atoms with van der Waals surface area (Å²) in [7, 11) is 0. The minimum Gasteiger partial charge on any atom is -0.479 e. The molecule has 2 aromatic rings. The van der Waals surface area contributed by atoms with Gasteiger partial charge in [-0.05, 0) is 42.8 Å². The molecule has 0 radical (unpaired) electrons. The molecule has 6 nitrogen and oxygen atoms in total. The van der Waals surface area contributed by atoms with E-state index in [1.54, 1.807) is 37.3 Å². The number of rotatable bonds is 3. The third-order valence-electron chi connectivity index (χ3n) is 3.68. The summed E-state index contributed by atoms with van der Waals surface area (Å²) in [4.78, 5) is 23.8. The predicted octanol–water partition coefficient (Wildman–Crippen LogP) is 2.21. The van der Waals surface area contributed by atoms with E-state index in [2.05, 4.69) is 10.6 Å². The first kappa shape index (κ1) is 15.6. The number of carbonyl (C=O) groups excluding carboxylic acids is 2. The van der Waals surface area contributed by atoms with Crippen molar-refractivity contribution in [2.24, 2.45) is 0 Å². The van der Waals surface area contributed by atoms with Crippen LogP contribution in [0.15, 0.2) is 42.5 Å². The number of anilines is 1. The average molecular weight is 321 g/mol. The van der Waals surface area contributed by atoms with Gasteiger partial charge >= 0.3 is 0 Å². The number of fused-ring (bicyclic) bond motifs is 1. The number of amides is 2. The van der Waals surface area contributed by atoms with Crippen LogP contribution >= 0.6 is 0 Å². The number of nitriles is 1. The van der Waals surface area contributed by atoms with Crippen molar-refractivity contribution < 1.29 is 14.3 Å². The maximum absolute atomic E-state index is 12.2. The maximum atomic E-state index is 12.2. The molecule has 1 aliphatic rings. The van der Waals surface area contributed by atoms with Gasteiger partial charge in [-0.2, -0.15) is 5.26 Å². The molecule has 24 heavy (non-hydrogen) atoms. The highest BCUT2D eigenvalue weighted by molar-refractivity contribution is 5.97. The fourth-order valence-corrected chi connectivity index (χ4v) is 2.38. The molecule has 1 aliphatic heterocycles.